The van der Waals surface area contributed by atoms with Gasteiger partial charge in [-0.2, -0.15) is 5.26 Å². The molecular weight excluding hydrogens is 376 g/mol. The topological polar surface area (TPSA) is 85.2 Å². The van der Waals surface area contributed by atoms with Crippen LogP contribution in [0, 0.1) is 18.3 Å². The van der Waals surface area contributed by atoms with Gasteiger partial charge in [0.05, 0.1) is 11.6 Å². The Kier molecular flexibility index (Phi) is 6.73. The van der Waals surface area contributed by atoms with E-state index in [-0.39, 0.29) is 18.0 Å². The number of urea groups is 1. The summed E-state index contributed by atoms with van der Waals surface area (Å²) in [6, 6.07) is 15.1. The first-order valence-corrected chi connectivity index (χ1v) is 10.3. The molecular formula is C24H28N4O2. The highest BCUT2D eigenvalue weighted by molar-refractivity contribution is 5.97. The van der Waals surface area contributed by atoms with Crippen LogP contribution < -0.4 is 10.6 Å². The first-order chi connectivity index (χ1) is 14.4. The highest BCUT2D eigenvalue weighted by atomic mass is 16.2. The maximum absolute atomic E-state index is 13.0. The van der Waals surface area contributed by atoms with Gasteiger partial charge in [-0.1, -0.05) is 18.2 Å². The molecule has 1 heterocycles. The molecule has 0 saturated carbocycles. The molecule has 2 N–H and O–H groups in total. The molecule has 156 valence electrons. The average Bonchev–Trinajstić information content (AvgIpc) is 2.74. The van der Waals surface area contributed by atoms with Crippen molar-refractivity contribution in [3.05, 3.63) is 64.7 Å². The van der Waals surface area contributed by atoms with E-state index in [9.17, 15) is 9.59 Å². The molecule has 0 aliphatic carbocycles. The van der Waals surface area contributed by atoms with Crippen LogP contribution in [0.3, 0.4) is 0 Å². The third kappa shape index (κ3) is 5.18. The number of nitrogens with zero attached hydrogens (tertiary/aromatic N) is 2. The van der Waals surface area contributed by atoms with Crippen LogP contribution in [0.25, 0.3) is 0 Å². The van der Waals surface area contributed by atoms with E-state index in [1.54, 1.807) is 6.07 Å². The molecule has 1 saturated heterocycles. The number of aryl methyl sites for hydroxylation is 1. The van der Waals surface area contributed by atoms with Crippen molar-refractivity contribution >= 4 is 17.6 Å². The summed E-state index contributed by atoms with van der Waals surface area (Å²) in [6.45, 7) is 7.04. The van der Waals surface area contributed by atoms with Crippen molar-refractivity contribution in [2.45, 2.75) is 45.6 Å². The second-order valence-corrected chi connectivity index (χ2v) is 8.09. The first-order valence-electron chi connectivity index (χ1n) is 10.3. The lowest BCUT2D eigenvalue weighted by molar-refractivity contribution is 0.0713. The van der Waals surface area contributed by atoms with Gasteiger partial charge in [-0.15, -0.1) is 0 Å². The van der Waals surface area contributed by atoms with Crippen LogP contribution in [0.2, 0.25) is 0 Å². The zero-order chi connectivity index (χ0) is 21.7. The van der Waals surface area contributed by atoms with E-state index in [4.69, 9.17) is 5.26 Å². The van der Waals surface area contributed by atoms with Gasteiger partial charge in [0.1, 0.15) is 0 Å². The van der Waals surface area contributed by atoms with Crippen molar-refractivity contribution in [1.29, 1.82) is 5.26 Å². The molecule has 30 heavy (non-hydrogen) atoms. The van der Waals surface area contributed by atoms with Gasteiger partial charge in [-0.25, -0.2) is 4.79 Å². The number of anilines is 1. The van der Waals surface area contributed by atoms with E-state index in [0.29, 0.717) is 35.8 Å². The fourth-order valence-corrected chi connectivity index (χ4v) is 3.77. The number of amides is 3. The van der Waals surface area contributed by atoms with Crippen molar-refractivity contribution in [1.82, 2.24) is 10.2 Å². The van der Waals surface area contributed by atoms with E-state index in [1.807, 2.05) is 56.0 Å². The van der Waals surface area contributed by atoms with Crippen LogP contribution in [0.5, 0.6) is 0 Å². The Bertz CT molecular complexity index is 969. The van der Waals surface area contributed by atoms with Gasteiger partial charge in [0.15, 0.2) is 0 Å². The quantitative estimate of drug-likeness (QED) is 0.791. The molecule has 3 amide bonds. The Balaban J connectivity index is 1.65. The van der Waals surface area contributed by atoms with Crippen LogP contribution in [0.1, 0.15) is 59.7 Å². The third-order valence-corrected chi connectivity index (χ3v) is 5.42. The first kappa shape index (κ1) is 21.4. The van der Waals surface area contributed by atoms with Gasteiger partial charge < -0.3 is 15.5 Å². The normalized spacial score (nSPS) is 14.3. The maximum Gasteiger partial charge on any atom is 0.319 e. The number of carbonyl (C=O) groups is 2. The molecule has 6 nitrogen and oxygen atoms in total. The number of likely N-dealkylation sites (tertiary alicyclic amines) is 1. The van der Waals surface area contributed by atoms with E-state index in [0.717, 1.165) is 18.4 Å². The van der Waals surface area contributed by atoms with E-state index in [2.05, 4.69) is 22.8 Å². The highest BCUT2D eigenvalue weighted by Gasteiger charge is 2.25. The number of carbonyl (C=O) groups excluding carboxylic acids is 2. The number of nitrogens with one attached hydrogen (secondary N) is 2. The predicted molar refractivity (Wildman–Crippen MR) is 118 cm³/mol. The summed E-state index contributed by atoms with van der Waals surface area (Å²) >= 11 is 0. The SMILES string of the molecule is Cc1ccc(C(=O)N2CCC(c3cccc(C#N)c3)CC2)cc1NC(=O)NC(C)C. The summed E-state index contributed by atoms with van der Waals surface area (Å²) in [7, 11) is 0. The summed E-state index contributed by atoms with van der Waals surface area (Å²) in [6.07, 6.45) is 1.74. The molecule has 6 heteroatoms. The molecule has 0 bridgehead atoms. The minimum Gasteiger partial charge on any atom is -0.339 e. The molecule has 0 aromatic heterocycles. The fraction of sp³-hybridized carbons (Fsp3) is 0.375. The molecule has 0 atom stereocenters. The number of rotatable bonds is 4. The number of hydrogen-bond acceptors (Lipinski definition) is 3. The summed E-state index contributed by atoms with van der Waals surface area (Å²) in [5.41, 5.74) is 3.96. The monoisotopic (exact) mass is 404 g/mol. The Morgan fingerprint density at radius 1 is 1.13 bits per heavy atom. The van der Waals surface area contributed by atoms with Gasteiger partial charge in [-0.3, -0.25) is 4.79 Å². The van der Waals surface area contributed by atoms with Gasteiger partial charge >= 0.3 is 6.03 Å². The Morgan fingerprint density at radius 3 is 2.53 bits per heavy atom. The molecule has 0 radical (unpaired) electrons. The lowest BCUT2D eigenvalue weighted by atomic mass is 9.88. The van der Waals surface area contributed by atoms with Crippen LogP contribution >= 0.6 is 0 Å². The van der Waals surface area contributed by atoms with Gasteiger partial charge in [0.2, 0.25) is 0 Å². The van der Waals surface area contributed by atoms with Gasteiger partial charge in [-0.05, 0) is 74.9 Å². The lowest BCUT2D eigenvalue weighted by Crippen LogP contribution is -2.38. The Hall–Kier alpha value is -3.33. The molecule has 1 aliphatic heterocycles. The zero-order valence-electron chi connectivity index (χ0n) is 17.7. The molecule has 2 aromatic rings. The summed E-state index contributed by atoms with van der Waals surface area (Å²) < 4.78 is 0. The maximum atomic E-state index is 13.0. The van der Waals surface area contributed by atoms with Crippen LogP contribution in [-0.2, 0) is 0 Å². The molecule has 0 spiro atoms. The van der Waals surface area contributed by atoms with Crippen molar-refractivity contribution in [3.8, 4) is 6.07 Å². The summed E-state index contributed by atoms with van der Waals surface area (Å²) in [5, 5.41) is 14.7. The smallest absolute Gasteiger partial charge is 0.319 e. The van der Waals surface area contributed by atoms with E-state index < -0.39 is 0 Å². The van der Waals surface area contributed by atoms with E-state index >= 15 is 0 Å². The van der Waals surface area contributed by atoms with Crippen molar-refractivity contribution < 1.29 is 9.59 Å². The second kappa shape index (κ2) is 9.45. The van der Waals surface area contributed by atoms with Crippen LogP contribution in [0.4, 0.5) is 10.5 Å². The van der Waals surface area contributed by atoms with Gasteiger partial charge in [0, 0.05) is 30.4 Å². The molecule has 2 aromatic carbocycles. The van der Waals surface area contributed by atoms with Crippen LogP contribution in [0.15, 0.2) is 42.5 Å². The molecule has 1 aliphatic rings. The predicted octanol–water partition coefficient (Wildman–Crippen LogP) is 4.42. The summed E-state index contributed by atoms with van der Waals surface area (Å²) in [4.78, 5) is 26.9. The van der Waals surface area contributed by atoms with E-state index in [1.165, 1.54) is 5.56 Å². The Labute approximate surface area is 177 Å². The summed E-state index contributed by atoms with van der Waals surface area (Å²) in [5.74, 6) is 0.337. The Morgan fingerprint density at radius 2 is 1.87 bits per heavy atom. The number of hydrogen-bond donors (Lipinski definition) is 2. The second-order valence-electron chi connectivity index (χ2n) is 8.09. The molecule has 3 rings (SSSR count). The highest BCUT2D eigenvalue weighted by Crippen LogP contribution is 2.29. The van der Waals surface area contributed by atoms with Crippen molar-refractivity contribution in [3.63, 3.8) is 0 Å². The molecule has 1 fully saturated rings. The average molecular weight is 405 g/mol. The van der Waals surface area contributed by atoms with Crippen LogP contribution in [-0.4, -0.2) is 36.0 Å². The van der Waals surface area contributed by atoms with Crippen molar-refractivity contribution in [2.75, 3.05) is 18.4 Å². The standard InChI is InChI=1S/C24H28N4O2/c1-16(2)26-24(30)27-22-14-21(8-7-17(22)3)23(29)28-11-9-19(10-12-28)20-6-4-5-18(13-20)15-25/h4-8,13-14,16,19H,9-12H2,1-3H3,(H2,26,27,30). The number of nitriles is 1. The largest absolute Gasteiger partial charge is 0.339 e. The number of piperidine rings is 1. The lowest BCUT2D eigenvalue weighted by Gasteiger charge is -2.32. The van der Waals surface area contributed by atoms with Crippen molar-refractivity contribution in [2.24, 2.45) is 0 Å². The zero-order valence-corrected chi connectivity index (χ0v) is 17.7. The third-order valence-electron chi connectivity index (χ3n) is 5.42. The number of benzene rings is 2. The van der Waals surface area contributed by atoms with Gasteiger partial charge in [0.25, 0.3) is 5.91 Å². The molecule has 0 unspecified atom stereocenters. The minimum atomic E-state index is -0.280. The minimum absolute atomic E-state index is 0.0217. The fourth-order valence-electron chi connectivity index (χ4n) is 3.77.